The van der Waals surface area contributed by atoms with Crippen LogP contribution in [0.4, 0.5) is 4.39 Å². The molecule has 0 bridgehead atoms. The highest BCUT2D eigenvalue weighted by Crippen LogP contribution is 2.12. The van der Waals surface area contributed by atoms with E-state index in [0.717, 1.165) is 31.4 Å². The lowest BCUT2D eigenvalue weighted by Gasteiger charge is -2.27. The maximum Gasteiger partial charge on any atom is 0.239 e. The van der Waals surface area contributed by atoms with E-state index in [2.05, 4.69) is 5.32 Å². The second-order valence-electron chi connectivity index (χ2n) is 4.83. The topological polar surface area (TPSA) is 32.3 Å². The van der Waals surface area contributed by atoms with E-state index in [1.165, 1.54) is 12.1 Å². The molecular weight excluding hydrogens is 267 g/mol. The molecule has 0 saturated carbocycles. The van der Waals surface area contributed by atoms with Gasteiger partial charge in [0.15, 0.2) is 0 Å². The highest BCUT2D eigenvalue weighted by atomic mass is 35.5. The second-order valence-corrected chi connectivity index (χ2v) is 4.83. The van der Waals surface area contributed by atoms with Crippen LogP contribution in [0.5, 0.6) is 0 Å². The van der Waals surface area contributed by atoms with E-state index in [1.54, 1.807) is 18.0 Å². The van der Waals surface area contributed by atoms with Gasteiger partial charge in [-0.1, -0.05) is 18.6 Å². The number of nitrogens with zero attached hydrogens (tertiary/aromatic N) is 1. The fourth-order valence-electron chi connectivity index (χ4n) is 2.32. The Morgan fingerprint density at radius 1 is 1.47 bits per heavy atom. The summed E-state index contributed by atoms with van der Waals surface area (Å²) in [4.78, 5) is 13.8. The molecule has 1 N–H and O–H groups in total. The Hall–Kier alpha value is -1.13. The van der Waals surface area contributed by atoms with Gasteiger partial charge in [0.05, 0.1) is 6.04 Å². The molecule has 1 aliphatic rings. The van der Waals surface area contributed by atoms with Crippen LogP contribution in [0.1, 0.15) is 24.8 Å². The number of likely N-dealkylation sites (N-methyl/N-ethyl adjacent to an activating group) is 1. The van der Waals surface area contributed by atoms with Gasteiger partial charge >= 0.3 is 0 Å². The van der Waals surface area contributed by atoms with E-state index in [9.17, 15) is 9.18 Å². The van der Waals surface area contributed by atoms with Crippen LogP contribution < -0.4 is 5.32 Å². The molecule has 106 valence electrons. The number of rotatable bonds is 3. The van der Waals surface area contributed by atoms with Crippen molar-refractivity contribution >= 4 is 18.3 Å². The monoisotopic (exact) mass is 286 g/mol. The molecule has 0 spiro atoms. The quantitative estimate of drug-likeness (QED) is 0.925. The summed E-state index contributed by atoms with van der Waals surface area (Å²) in [6, 6.07) is 6.31. The van der Waals surface area contributed by atoms with E-state index in [4.69, 9.17) is 0 Å². The number of amides is 1. The molecule has 0 radical (unpaired) electrons. The molecule has 1 fully saturated rings. The van der Waals surface area contributed by atoms with Crippen LogP contribution in [0.25, 0.3) is 0 Å². The number of halogens is 2. The molecular formula is C14H20ClFN2O. The summed E-state index contributed by atoms with van der Waals surface area (Å²) in [6.45, 7) is 1.36. The smallest absolute Gasteiger partial charge is 0.239 e. The summed E-state index contributed by atoms with van der Waals surface area (Å²) in [5, 5.41) is 3.23. The van der Waals surface area contributed by atoms with Crippen molar-refractivity contribution in [3.8, 4) is 0 Å². The van der Waals surface area contributed by atoms with Crippen molar-refractivity contribution in [1.29, 1.82) is 0 Å². The van der Waals surface area contributed by atoms with Crippen molar-refractivity contribution in [1.82, 2.24) is 10.2 Å². The fraction of sp³-hybridized carbons (Fsp3) is 0.500. The SMILES string of the molecule is CN(Cc1cccc(F)c1)C(=O)C1CCCCN1.Cl. The summed E-state index contributed by atoms with van der Waals surface area (Å²) in [7, 11) is 1.77. The Bertz CT molecular complexity index is 422. The first-order valence-corrected chi connectivity index (χ1v) is 6.39. The fourth-order valence-corrected chi connectivity index (χ4v) is 2.32. The van der Waals surface area contributed by atoms with Gasteiger partial charge < -0.3 is 10.2 Å². The second kappa shape index (κ2) is 7.46. The van der Waals surface area contributed by atoms with E-state index >= 15 is 0 Å². The van der Waals surface area contributed by atoms with Gasteiger partial charge in [-0.2, -0.15) is 0 Å². The van der Waals surface area contributed by atoms with Crippen LogP contribution in [0, 0.1) is 5.82 Å². The zero-order valence-electron chi connectivity index (χ0n) is 11.1. The summed E-state index contributed by atoms with van der Waals surface area (Å²) < 4.78 is 13.1. The maximum absolute atomic E-state index is 13.1. The number of carbonyl (C=O) groups excluding carboxylic acids is 1. The van der Waals surface area contributed by atoms with E-state index in [-0.39, 0.29) is 30.2 Å². The van der Waals surface area contributed by atoms with Gasteiger partial charge in [0.2, 0.25) is 5.91 Å². The lowest BCUT2D eigenvalue weighted by atomic mass is 10.0. The Kier molecular flexibility index (Phi) is 6.25. The van der Waals surface area contributed by atoms with Gasteiger partial charge in [0.25, 0.3) is 0 Å². The number of piperidine rings is 1. The van der Waals surface area contributed by atoms with Crippen molar-refractivity contribution in [3.05, 3.63) is 35.6 Å². The van der Waals surface area contributed by atoms with Crippen LogP contribution >= 0.6 is 12.4 Å². The largest absolute Gasteiger partial charge is 0.340 e. The molecule has 1 amide bonds. The number of nitrogens with one attached hydrogen (secondary N) is 1. The van der Waals surface area contributed by atoms with Crippen LogP contribution in [-0.4, -0.2) is 30.4 Å². The van der Waals surface area contributed by atoms with Gasteiger partial charge in [-0.3, -0.25) is 4.79 Å². The molecule has 0 aromatic heterocycles. The summed E-state index contributed by atoms with van der Waals surface area (Å²) >= 11 is 0. The lowest BCUT2D eigenvalue weighted by molar-refractivity contribution is -0.133. The van der Waals surface area contributed by atoms with Gasteiger partial charge in [0.1, 0.15) is 5.82 Å². The molecule has 1 atom stereocenters. The molecule has 0 aliphatic carbocycles. The molecule has 1 unspecified atom stereocenters. The number of benzene rings is 1. The third-order valence-corrected chi connectivity index (χ3v) is 3.29. The predicted octanol–water partition coefficient (Wildman–Crippen LogP) is 2.35. The Balaban J connectivity index is 0.00000180. The highest BCUT2D eigenvalue weighted by Gasteiger charge is 2.23. The highest BCUT2D eigenvalue weighted by molar-refractivity contribution is 5.85. The maximum atomic E-state index is 13.1. The van der Waals surface area contributed by atoms with Crippen LogP contribution in [0.2, 0.25) is 0 Å². The Labute approximate surface area is 119 Å². The molecule has 1 aromatic carbocycles. The average Bonchev–Trinajstić information content (AvgIpc) is 2.39. The third kappa shape index (κ3) is 4.48. The molecule has 19 heavy (non-hydrogen) atoms. The number of carbonyl (C=O) groups is 1. The minimum atomic E-state index is -0.260. The third-order valence-electron chi connectivity index (χ3n) is 3.29. The molecule has 5 heteroatoms. The summed E-state index contributed by atoms with van der Waals surface area (Å²) in [5.41, 5.74) is 0.821. The minimum absolute atomic E-state index is 0. The Morgan fingerprint density at radius 3 is 2.89 bits per heavy atom. The predicted molar refractivity (Wildman–Crippen MR) is 75.8 cm³/mol. The van der Waals surface area contributed by atoms with Gasteiger partial charge in [-0.05, 0) is 37.1 Å². The van der Waals surface area contributed by atoms with Crippen LogP contribution in [0.15, 0.2) is 24.3 Å². The zero-order chi connectivity index (χ0) is 13.0. The lowest BCUT2D eigenvalue weighted by Crippen LogP contribution is -2.46. The number of hydrogen-bond donors (Lipinski definition) is 1. The first kappa shape index (κ1) is 15.9. The number of hydrogen-bond acceptors (Lipinski definition) is 2. The van der Waals surface area contributed by atoms with Crippen molar-refractivity contribution in [2.75, 3.05) is 13.6 Å². The standard InChI is InChI=1S/C14H19FN2O.ClH/c1-17(10-11-5-4-6-12(15)9-11)14(18)13-7-2-3-8-16-13;/h4-6,9,13,16H,2-3,7-8,10H2,1H3;1H. The Morgan fingerprint density at radius 2 is 2.26 bits per heavy atom. The van der Waals surface area contributed by atoms with Crippen molar-refractivity contribution in [3.63, 3.8) is 0 Å². The van der Waals surface area contributed by atoms with E-state index in [0.29, 0.717) is 6.54 Å². The van der Waals surface area contributed by atoms with Crippen molar-refractivity contribution in [2.24, 2.45) is 0 Å². The van der Waals surface area contributed by atoms with Gasteiger partial charge in [-0.25, -0.2) is 4.39 Å². The molecule has 2 rings (SSSR count). The molecule has 1 saturated heterocycles. The zero-order valence-corrected chi connectivity index (χ0v) is 11.9. The van der Waals surface area contributed by atoms with E-state index in [1.807, 2.05) is 6.07 Å². The average molecular weight is 287 g/mol. The first-order valence-electron chi connectivity index (χ1n) is 6.39. The molecule has 3 nitrogen and oxygen atoms in total. The normalized spacial score (nSPS) is 18.5. The van der Waals surface area contributed by atoms with Crippen molar-refractivity contribution < 1.29 is 9.18 Å². The van der Waals surface area contributed by atoms with Gasteiger partial charge in [-0.15, -0.1) is 12.4 Å². The van der Waals surface area contributed by atoms with Crippen molar-refractivity contribution in [2.45, 2.75) is 31.8 Å². The minimum Gasteiger partial charge on any atom is -0.340 e. The van der Waals surface area contributed by atoms with E-state index < -0.39 is 0 Å². The summed E-state index contributed by atoms with van der Waals surface area (Å²) in [6.07, 6.45) is 3.13. The molecule has 1 heterocycles. The van der Waals surface area contributed by atoms with Crippen LogP contribution in [-0.2, 0) is 11.3 Å². The van der Waals surface area contributed by atoms with Crippen LogP contribution in [0.3, 0.4) is 0 Å². The molecule has 1 aromatic rings. The van der Waals surface area contributed by atoms with Gasteiger partial charge in [0, 0.05) is 13.6 Å². The summed E-state index contributed by atoms with van der Waals surface area (Å²) in [5.74, 6) is -0.164. The first-order chi connectivity index (χ1) is 8.66. The molecule has 1 aliphatic heterocycles.